The standard InChI is InChI=1S/C14H22O5S/c1-4-18-14-9-12(10-15)5-6-13(14)19-7-8-20(16,17)11(2)3/h5-6,9,11,15H,4,7-8,10H2,1-3H3. The zero-order chi connectivity index (χ0) is 15.2. The van der Waals surface area contributed by atoms with Gasteiger partial charge in [-0.3, -0.25) is 0 Å². The normalized spacial score (nSPS) is 11.7. The van der Waals surface area contributed by atoms with E-state index in [1.54, 1.807) is 32.0 Å². The van der Waals surface area contributed by atoms with Crippen LogP contribution in [0.5, 0.6) is 11.5 Å². The molecule has 0 saturated carbocycles. The number of sulfone groups is 1. The van der Waals surface area contributed by atoms with Gasteiger partial charge in [-0.15, -0.1) is 0 Å². The Balaban J connectivity index is 2.72. The summed E-state index contributed by atoms with van der Waals surface area (Å²) < 4.78 is 34.3. The molecule has 0 fully saturated rings. The Hall–Kier alpha value is -1.27. The molecular weight excluding hydrogens is 280 g/mol. The number of hydrogen-bond donors (Lipinski definition) is 1. The molecule has 0 aromatic heterocycles. The molecule has 1 N–H and O–H groups in total. The molecule has 0 heterocycles. The molecule has 20 heavy (non-hydrogen) atoms. The molecular formula is C14H22O5S. The van der Waals surface area contributed by atoms with Gasteiger partial charge in [-0.25, -0.2) is 8.42 Å². The Morgan fingerprint density at radius 3 is 2.45 bits per heavy atom. The van der Waals surface area contributed by atoms with E-state index in [0.29, 0.717) is 18.1 Å². The Kier molecular flexibility index (Phi) is 6.29. The average molecular weight is 302 g/mol. The highest BCUT2D eigenvalue weighted by Crippen LogP contribution is 2.28. The van der Waals surface area contributed by atoms with Crippen molar-refractivity contribution in [2.24, 2.45) is 0 Å². The SMILES string of the molecule is CCOc1cc(CO)ccc1OCCS(=O)(=O)C(C)C. The highest BCUT2D eigenvalue weighted by Gasteiger charge is 2.16. The monoisotopic (exact) mass is 302 g/mol. The van der Waals surface area contributed by atoms with E-state index in [0.717, 1.165) is 5.56 Å². The molecule has 0 saturated heterocycles. The highest BCUT2D eigenvalue weighted by atomic mass is 32.2. The largest absolute Gasteiger partial charge is 0.490 e. The fourth-order valence-corrected chi connectivity index (χ4v) is 2.33. The maximum Gasteiger partial charge on any atom is 0.161 e. The van der Waals surface area contributed by atoms with Crippen molar-refractivity contribution in [3.8, 4) is 11.5 Å². The van der Waals surface area contributed by atoms with Crippen LogP contribution in [0.1, 0.15) is 26.3 Å². The third kappa shape index (κ3) is 4.68. The van der Waals surface area contributed by atoms with Gasteiger partial charge < -0.3 is 14.6 Å². The number of aliphatic hydroxyl groups excluding tert-OH is 1. The maximum absolute atomic E-state index is 11.7. The Labute approximate surface area is 120 Å². The molecule has 0 aliphatic rings. The minimum Gasteiger partial charge on any atom is -0.490 e. The van der Waals surface area contributed by atoms with Gasteiger partial charge in [0.05, 0.1) is 24.2 Å². The molecule has 1 aromatic carbocycles. The minimum atomic E-state index is -3.11. The second kappa shape index (κ2) is 7.50. The first kappa shape index (κ1) is 16.8. The van der Waals surface area contributed by atoms with Crippen LogP contribution in [0.25, 0.3) is 0 Å². The molecule has 0 radical (unpaired) electrons. The van der Waals surface area contributed by atoms with E-state index in [4.69, 9.17) is 14.6 Å². The lowest BCUT2D eigenvalue weighted by atomic mass is 10.2. The predicted octanol–water partition coefficient (Wildman–Crippen LogP) is 1.78. The topological polar surface area (TPSA) is 72.8 Å². The van der Waals surface area contributed by atoms with Crippen LogP contribution in [0.2, 0.25) is 0 Å². The van der Waals surface area contributed by atoms with Crippen molar-refractivity contribution in [1.29, 1.82) is 0 Å². The molecule has 0 aliphatic heterocycles. The number of benzene rings is 1. The number of ether oxygens (including phenoxy) is 2. The quantitative estimate of drug-likeness (QED) is 0.792. The van der Waals surface area contributed by atoms with E-state index < -0.39 is 15.1 Å². The van der Waals surface area contributed by atoms with E-state index in [2.05, 4.69) is 0 Å². The van der Waals surface area contributed by atoms with Crippen LogP contribution in [0.15, 0.2) is 18.2 Å². The van der Waals surface area contributed by atoms with E-state index in [-0.39, 0.29) is 19.0 Å². The van der Waals surface area contributed by atoms with E-state index in [1.165, 1.54) is 0 Å². The average Bonchev–Trinajstić information content (AvgIpc) is 2.40. The van der Waals surface area contributed by atoms with Gasteiger partial charge in [0.25, 0.3) is 0 Å². The van der Waals surface area contributed by atoms with Crippen LogP contribution in [0.3, 0.4) is 0 Å². The van der Waals surface area contributed by atoms with Crippen LogP contribution in [0.4, 0.5) is 0 Å². The lowest BCUT2D eigenvalue weighted by Gasteiger charge is -2.13. The third-order valence-electron chi connectivity index (χ3n) is 2.83. The summed E-state index contributed by atoms with van der Waals surface area (Å²) in [4.78, 5) is 0. The second-order valence-electron chi connectivity index (χ2n) is 4.64. The summed E-state index contributed by atoms with van der Waals surface area (Å²) in [6.45, 7) is 5.61. The lowest BCUT2D eigenvalue weighted by molar-refractivity contribution is 0.274. The van der Waals surface area contributed by atoms with E-state index in [1.807, 2.05) is 6.92 Å². The van der Waals surface area contributed by atoms with Crippen LogP contribution in [-0.4, -0.2) is 37.7 Å². The number of rotatable bonds is 8. The van der Waals surface area contributed by atoms with Gasteiger partial charge in [0.1, 0.15) is 6.61 Å². The van der Waals surface area contributed by atoms with Crippen LogP contribution in [0, 0.1) is 0 Å². The molecule has 6 heteroatoms. The van der Waals surface area contributed by atoms with Gasteiger partial charge in [0.15, 0.2) is 21.3 Å². The molecule has 114 valence electrons. The van der Waals surface area contributed by atoms with Crippen LogP contribution >= 0.6 is 0 Å². The van der Waals surface area contributed by atoms with Gasteiger partial charge in [-0.1, -0.05) is 6.07 Å². The van der Waals surface area contributed by atoms with Crippen molar-refractivity contribution in [2.45, 2.75) is 32.6 Å². The highest BCUT2D eigenvalue weighted by molar-refractivity contribution is 7.91. The molecule has 0 amide bonds. The Morgan fingerprint density at radius 1 is 1.20 bits per heavy atom. The molecule has 1 rings (SSSR count). The van der Waals surface area contributed by atoms with Crippen LogP contribution in [-0.2, 0) is 16.4 Å². The smallest absolute Gasteiger partial charge is 0.161 e. The zero-order valence-electron chi connectivity index (χ0n) is 12.1. The van der Waals surface area contributed by atoms with Gasteiger partial charge in [0.2, 0.25) is 0 Å². The van der Waals surface area contributed by atoms with Gasteiger partial charge in [0, 0.05) is 0 Å². The van der Waals surface area contributed by atoms with Crippen molar-refractivity contribution >= 4 is 9.84 Å². The summed E-state index contributed by atoms with van der Waals surface area (Å²) >= 11 is 0. The molecule has 5 nitrogen and oxygen atoms in total. The van der Waals surface area contributed by atoms with E-state index >= 15 is 0 Å². The van der Waals surface area contributed by atoms with E-state index in [9.17, 15) is 8.42 Å². The number of aliphatic hydroxyl groups is 1. The zero-order valence-corrected chi connectivity index (χ0v) is 12.9. The van der Waals surface area contributed by atoms with Crippen molar-refractivity contribution in [2.75, 3.05) is 19.0 Å². The fourth-order valence-electron chi connectivity index (χ4n) is 1.54. The first-order valence-electron chi connectivity index (χ1n) is 6.61. The van der Waals surface area contributed by atoms with Crippen molar-refractivity contribution in [3.63, 3.8) is 0 Å². The molecule has 0 spiro atoms. The first-order valence-corrected chi connectivity index (χ1v) is 8.33. The summed E-state index contributed by atoms with van der Waals surface area (Å²) in [6.07, 6.45) is 0. The molecule has 0 unspecified atom stereocenters. The van der Waals surface area contributed by atoms with Gasteiger partial charge in [-0.05, 0) is 38.5 Å². The molecule has 1 aromatic rings. The van der Waals surface area contributed by atoms with Gasteiger partial charge >= 0.3 is 0 Å². The minimum absolute atomic E-state index is 0.0298. The summed E-state index contributed by atoms with van der Waals surface area (Å²) in [5.74, 6) is 0.974. The van der Waals surface area contributed by atoms with Gasteiger partial charge in [-0.2, -0.15) is 0 Å². The first-order chi connectivity index (χ1) is 9.40. The molecule has 0 bridgehead atoms. The summed E-state index contributed by atoms with van der Waals surface area (Å²) in [7, 11) is -3.11. The lowest BCUT2D eigenvalue weighted by Crippen LogP contribution is -2.22. The Bertz CT molecular complexity index is 522. The Morgan fingerprint density at radius 2 is 1.90 bits per heavy atom. The fraction of sp³-hybridized carbons (Fsp3) is 0.571. The summed E-state index contributed by atoms with van der Waals surface area (Å²) in [6, 6.07) is 5.09. The van der Waals surface area contributed by atoms with Crippen molar-refractivity contribution < 1.29 is 23.0 Å². The summed E-state index contributed by atoms with van der Waals surface area (Å²) in [5.41, 5.74) is 0.718. The number of hydrogen-bond acceptors (Lipinski definition) is 5. The second-order valence-corrected chi connectivity index (χ2v) is 7.31. The van der Waals surface area contributed by atoms with Crippen LogP contribution < -0.4 is 9.47 Å². The third-order valence-corrected chi connectivity index (χ3v) is 5.01. The maximum atomic E-state index is 11.7. The van der Waals surface area contributed by atoms with Crippen molar-refractivity contribution in [1.82, 2.24) is 0 Å². The van der Waals surface area contributed by atoms with Crippen molar-refractivity contribution in [3.05, 3.63) is 23.8 Å². The summed E-state index contributed by atoms with van der Waals surface area (Å²) in [5, 5.41) is 8.68. The molecule has 0 aliphatic carbocycles. The predicted molar refractivity (Wildman–Crippen MR) is 78.0 cm³/mol. The molecule has 0 atom stereocenters.